The van der Waals surface area contributed by atoms with Crippen LogP contribution in [0.2, 0.25) is 5.02 Å². The molecular weight excluding hydrogens is 386 g/mol. The van der Waals surface area contributed by atoms with Crippen molar-refractivity contribution in [1.82, 2.24) is 4.57 Å². The molecule has 0 bridgehead atoms. The highest BCUT2D eigenvalue weighted by molar-refractivity contribution is 6.31. The molecule has 0 aliphatic rings. The molecule has 0 amide bonds. The Bertz CT molecular complexity index is 1050. The minimum atomic E-state index is -0.411. The second-order valence-electron chi connectivity index (χ2n) is 6.60. The molecule has 0 aliphatic heterocycles. The van der Waals surface area contributed by atoms with Gasteiger partial charge in [-0.3, -0.25) is 4.79 Å². The first-order valence-corrected chi connectivity index (χ1v) is 9.77. The fourth-order valence-corrected chi connectivity index (χ4v) is 3.16. The van der Waals surface area contributed by atoms with Crippen LogP contribution < -0.4 is 0 Å². The average Bonchev–Trinajstić information content (AvgIpc) is 3.17. The number of hydrogen-bond donors (Lipinski definition) is 0. The Morgan fingerprint density at radius 2 is 1.86 bits per heavy atom. The number of benzene rings is 2. The molecular formula is C24H22ClNO3. The van der Waals surface area contributed by atoms with Crippen molar-refractivity contribution in [3.63, 3.8) is 0 Å². The first-order valence-electron chi connectivity index (χ1n) is 9.39. The molecule has 1 aromatic heterocycles. The number of ether oxygens (including phenoxy) is 1. The van der Waals surface area contributed by atoms with Gasteiger partial charge in [-0.15, -0.1) is 0 Å². The molecule has 0 fully saturated rings. The van der Waals surface area contributed by atoms with Crippen LogP contribution in [0.4, 0.5) is 0 Å². The van der Waals surface area contributed by atoms with Gasteiger partial charge < -0.3 is 9.30 Å². The lowest BCUT2D eigenvalue weighted by Gasteiger charge is -2.08. The zero-order chi connectivity index (χ0) is 20.8. The second kappa shape index (κ2) is 9.39. The molecule has 0 saturated carbocycles. The van der Waals surface area contributed by atoms with Crippen molar-refractivity contribution >= 4 is 29.4 Å². The van der Waals surface area contributed by atoms with Crippen LogP contribution in [0.1, 0.15) is 44.5 Å². The molecule has 0 unspecified atom stereocenters. The van der Waals surface area contributed by atoms with E-state index in [2.05, 4.69) is 0 Å². The number of nitrogens with zero attached hydrogens (tertiary/aromatic N) is 1. The molecule has 3 rings (SSSR count). The Balaban J connectivity index is 1.79. The molecule has 0 aliphatic carbocycles. The lowest BCUT2D eigenvalue weighted by molar-refractivity contribution is 0.0526. The summed E-state index contributed by atoms with van der Waals surface area (Å²) >= 11 is 6.03. The highest BCUT2D eigenvalue weighted by Crippen LogP contribution is 2.19. The van der Waals surface area contributed by atoms with Gasteiger partial charge in [0.2, 0.25) is 5.78 Å². The van der Waals surface area contributed by atoms with Gasteiger partial charge in [0, 0.05) is 23.3 Å². The van der Waals surface area contributed by atoms with Gasteiger partial charge in [0.05, 0.1) is 17.9 Å². The fraction of sp³-hybridized carbons (Fsp3) is 0.167. The summed E-state index contributed by atoms with van der Waals surface area (Å²) in [4.78, 5) is 25.0. The summed E-state index contributed by atoms with van der Waals surface area (Å²) in [6, 6.07) is 16.3. The van der Waals surface area contributed by atoms with Crippen LogP contribution in [0.25, 0.3) is 6.08 Å². The maximum absolute atomic E-state index is 12.8. The Morgan fingerprint density at radius 3 is 2.59 bits per heavy atom. The number of carbonyl (C=O) groups is 2. The van der Waals surface area contributed by atoms with E-state index >= 15 is 0 Å². The number of aryl methyl sites for hydroxylation is 1. The number of aromatic nitrogens is 1. The normalized spacial score (nSPS) is 11.0. The molecule has 0 radical (unpaired) electrons. The second-order valence-corrected chi connectivity index (χ2v) is 7.03. The highest BCUT2D eigenvalue weighted by Gasteiger charge is 2.13. The van der Waals surface area contributed by atoms with E-state index in [1.54, 1.807) is 25.1 Å². The number of allylic oxidation sites excluding steroid dienone is 1. The first kappa shape index (κ1) is 20.6. The summed E-state index contributed by atoms with van der Waals surface area (Å²) in [5.74, 6) is -0.437. The minimum Gasteiger partial charge on any atom is -0.462 e. The van der Waals surface area contributed by atoms with Crippen molar-refractivity contribution in [3.05, 3.63) is 99.8 Å². The molecule has 0 N–H and O–H groups in total. The molecule has 148 valence electrons. The number of ketones is 1. The fourth-order valence-electron chi connectivity index (χ4n) is 2.98. The van der Waals surface area contributed by atoms with Crippen LogP contribution in [0.15, 0.2) is 66.9 Å². The van der Waals surface area contributed by atoms with Crippen molar-refractivity contribution in [2.24, 2.45) is 0 Å². The van der Waals surface area contributed by atoms with Gasteiger partial charge >= 0.3 is 5.97 Å². The summed E-state index contributed by atoms with van der Waals surface area (Å²) in [7, 11) is 0. The molecule has 5 heteroatoms. The summed E-state index contributed by atoms with van der Waals surface area (Å²) in [6.07, 6.45) is 5.60. The monoisotopic (exact) mass is 407 g/mol. The Kier molecular flexibility index (Phi) is 6.68. The van der Waals surface area contributed by atoms with Crippen LogP contribution in [-0.4, -0.2) is 22.9 Å². The molecule has 0 spiro atoms. The Labute approximate surface area is 175 Å². The van der Waals surface area contributed by atoms with Crippen molar-refractivity contribution in [3.8, 4) is 0 Å². The first-order chi connectivity index (χ1) is 14.0. The number of halogens is 1. The van der Waals surface area contributed by atoms with Gasteiger partial charge in [0.1, 0.15) is 0 Å². The largest absolute Gasteiger partial charge is 0.462 e. The van der Waals surface area contributed by atoms with E-state index in [0.717, 1.165) is 5.56 Å². The van der Waals surface area contributed by atoms with E-state index in [0.29, 0.717) is 40.6 Å². The van der Waals surface area contributed by atoms with Gasteiger partial charge in [0.15, 0.2) is 0 Å². The quantitative estimate of drug-likeness (QED) is 0.380. The zero-order valence-corrected chi connectivity index (χ0v) is 17.1. The van der Waals surface area contributed by atoms with Crippen LogP contribution in [0.3, 0.4) is 0 Å². The van der Waals surface area contributed by atoms with Gasteiger partial charge in [-0.25, -0.2) is 4.79 Å². The standard InChI is InChI=1S/C24H22ClNO3/c1-3-29-24(28)21-16-20(25)13-12-18(21)6-4-14-26-15-5-7-22(26)23(27)19-10-8-17(2)9-11-19/h4-13,15-16H,3,14H2,1-2H3/b6-4+. The van der Waals surface area contributed by atoms with Gasteiger partial charge in [-0.1, -0.05) is 59.6 Å². The lowest BCUT2D eigenvalue weighted by atomic mass is 10.1. The topological polar surface area (TPSA) is 48.3 Å². The van der Waals surface area contributed by atoms with Crippen LogP contribution in [0.5, 0.6) is 0 Å². The molecule has 29 heavy (non-hydrogen) atoms. The van der Waals surface area contributed by atoms with Crippen molar-refractivity contribution in [1.29, 1.82) is 0 Å². The Hall–Kier alpha value is -3.11. The number of esters is 1. The average molecular weight is 408 g/mol. The zero-order valence-electron chi connectivity index (χ0n) is 16.4. The van der Waals surface area contributed by atoms with E-state index in [1.807, 2.05) is 66.2 Å². The van der Waals surface area contributed by atoms with Gasteiger partial charge in [-0.05, 0) is 43.7 Å². The molecule has 4 nitrogen and oxygen atoms in total. The van der Waals surface area contributed by atoms with Crippen molar-refractivity contribution < 1.29 is 14.3 Å². The number of hydrogen-bond acceptors (Lipinski definition) is 3. The van der Waals surface area contributed by atoms with E-state index in [1.165, 1.54) is 0 Å². The van der Waals surface area contributed by atoms with Crippen LogP contribution in [0, 0.1) is 6.92 Å². The number of rotatable bonds is 7. The maximum atomic E-state index is 12.8. The molecule has 3 aromatic rings. The summed E-state index contributed by atoms with van der Waals surface area (Å²) < 4.78 is 6.98. The summed E-state index contributed by atoms with van der Waals surface area (Å²) in [6.45, 7) is 4.53. The van der Waals surface area contributed by atoms with E-state index < -0.39 is 5.97 Å². The van der Waals surface area contributed by atoms with Crippen LogP contribution >= 0.6 is 11.6 Å². The molecule has 2 aromatic carbocycles. The van der Waals surface area contributed by atoms with Crippen molar-refractivity contribution in [2.75, 3.05) is 6.61 Å². The van der Waals surface area contributed by atoms with Gasteiger partial charge in [0.25, 0.3) is 0 Å². The van der Waals surface area contributed by atoms with E-state index in [9.17, 15) is 9.59 Å². The van der Waals surface area contributed by atoms with E-state index in [-0.39, 0.29) is 5.78 Å². The predicted molar refractivity (Wildman–Crippen MR) is 115 cm³/mol. The molecule has 0 saturated heterocycles. The number of carbonyl (C=O) groups excluding carboxylic acids is 2. The lowest BCUT2D eigenvalue weighted by Crippen LogP contribution is -2.09. The third-order valence-corrected chi connectivity index (χ3v) is 4.72. The maximum Gasteiger partial charge on any atom is 0.338 e. The SMILES string of the molecule is CCOC(=O)c1cc(Cl)ccc1/C=C/Cn1cccc1C(=O)c1ccc(C)cc1. The molecule has 0 atom stereocenters. The summed E-state index contributed by atoms with van der Waals surface area (Å²) in [5.41, 5.74) is 3.51. The summed E-state index contributed by atoms with van der Waals surface area (Å²) in [5, 5.41) is 0.474. The van der Waals surface area contributed by atoms with Crippen molar-refractivity contribution in [2.45, 2.75) is 20.4 Å². The predicted octanol–water partition coefficient (Wildman–Crippen LogP) is 5.57. The smallest absolute Gasteiger partial charge is 0.338 e. The van der Waals surface area contributed by atoms with E-state index in [4.69, 9.17) is 16.3 Å². The molecule has 1 heterocycles. The minimum absolute atomic E-state index is 0.0258. The highest BCUT2D eigenvalue weighted by atomic mass is 35.5. The third-order valence-electron chi connectivity index (χ3n) is 4.49. The third kappa shape index (κ3) is 5.04. The van der Waals surface area contributed by atoms with Gasteiger partial charge in [-0.2, -0.15) is 0 Å². The van der Waals surface area contributed by atoms with Crippen LogP contribution in [-0.2, 0) is 11.3 Å². The Morgan fingerprint density at radius 1 is 1.10 bits per heavy atom.